The van der Waals surface area contributed by atoms with Gasteiger partial charge in [0.2, 0.25) is 5.91 Å². The van der Waals surface area contributed by atoms with Crippen molar-refractivity contribution in [2.45, 2.75) is 31.9 Å². The fourth-order valence-electron chi connectivity index (χ4n) is 3.67. The molecule has 2 aliphatic rings. The van der Waals surface area contributed by atoms with Crippen molar-refractivity contribution >= 4 is 34.8 Å². The monoisotopic (exact) mass is 415 g/mol. The molecule has 30 heavy (non-hydrogen) atoms. The molecule has 2 amide bonds. The summed E-state index contributed by atoms with van der Waals surface area (Å²) in [7, 11) is 0. The second-order valence-corrected chi connectivity index (χ2v) is 7.23. The van der Waals surface area contributed by atoms with E-state index in [1.807, 2.05) is 4.90 Å². The summed E-state index contributed by atoms with van der Waals surface area (Å²) in [4.78, 5) is 38.9. The lowest BCUT2D eigenvalue weighted by atomic mass is 10.1. The number of hydrogen-bond acceptors (Lipinski definition) is 5. The average molecular weight is 415 g/mol. The molecule has 2 atom stereocenters. The van der Waals surface area contributed by atoms with Gasteiger partial charge in [0.1, 0.15) is 17.7 Å². The normalized spacial score (nSPS) is 18.2. The number of carbonyl (C=O) groups is 3. The number of nitrogens with zero attached hydrogens (tertiary/aromatic N) is 1. The SMILES string of the molecule is C[C@H](OC(=O)c1ccc2c(c1)NC(=O)[C@H]1CCCN21)C(=O)Nc1cc(F)ccc1F. The van der Waals surface area contributed by atoms with Crippen molar-refractivity contribution in [1.29, 1.82) is 0 Å². The Labute approximate surface area is 171 Å². The lowest BCUT2D eigenvalue weighted by Gasteiger charge is -2.33. The van der Waals surface area contributed by atoms with Gasteiger partial charge in [0.15, 0.2) is 6.10 Å². The third kappa shape index (κ3) is 3.70. The van der Waals surface area contributed by atoms with E-state index in [-0.39, 0.29) is 23.2 Å². The zero-order valence-electron chi connectivity index (χ0n) is 16.1. The van der Waals surface area contributed by atoms with Crippen molar-refractivity contribution in [2.24, 2.45) is 0 Å². The summed E-state index contributed by atoms with van der Waals surface area (Å²) < 4.78 is 32.1. The molecule has 2 aliphatic heterocycles. The molecule has 7 nitrogen and oxygen atoms in total. The van der Waals surface area contributed by atoms with E-state index in [0.29, 0.717) is 5.69 Å². The maximum atomic E-state index is 13.7. The molecule has 0 spiro atoms. The van der Waals surface area contributed by atoms with E-state index in [1.165, 1.54) is 13.0 Å². The minimum absolute atomic E-state index is 0.115. The Balaban J connectivity index is 1.45. The van der Waals surface area contributed by atoms with Gasteiger partial charge >= 0.3 is 5.97 Å². The Morgan fingerprint density at radius 1 is 1.23 bits per heavy atom. The van der Waals surface area contributed by atoms with Gasteiger partial charge < -0.3 is 20.3 Å². The first kappa shape index (κ1) is 19.8. The lowest BCUT2D eigenvalue weighted by Crippen LogP contribution is -2.43. The van der Waals surface area contributed by atoms with Crippen molar-refractivity contribution in [1.82, 2.24) is 0 Å². The standard InChI is InChI=1S/C21H19F2N3O4/c1-11(19(27)24-15-10-13(22)5-6-14(15)23)30-21(29)12-4-7-17-16(9-12)25-20(28)18-3-2-8-26(17)18/h4-7,9-11,18H,2-3,8H2,1H3,(H,24,27)(H,25,28)/t11-,18+/m0/s1. The summed E-state index contributed by atoms with van der Waals surface area (Å²) in [6.07, 6.45) is 0.446. The molecule has 0 unspecified atom stereocenters. The van der Waals surface area contributed by atoms with E-state index in [2.05, 4.69) is 10.6 Å². The number of carbonyl (C=O) groups excluding carboxylic acids is 3. The van der Waals surface area contributed by atoms with Gasteiger partial charge in [-0.2, -0.15) is 0 Å². The fourth-order valence-corrected chi connectivity index (χ4v) is 3.67. The van der Waals surface area contributed by atoms with Gasteiger partial charge in [-0.15, -0.1) is 0 Å². The molecule has 1 fully saturated rings. The molecule has 0 radical (unpaired) electrons. The third-order valence-electron chi connectivity index (χ3n) is 5.19. The predicted molar refractivity (Wildman–Crippen MR) is 105 cm³/mol. The average Bonchev–Trinajstić information content (AvgIpc) is 3.21. The molecule has 2 heterocycles. The molecule has 0 aromatic heterocycles. The number of ether oxygens (including phenoxy) is 1. The number of esters is 1. The predicted octanol–water partition coefficient (Wildman–Crippen LogP) is 3.07. The van der Waals surface area contributed by atoms with Crippen LogP contribution in [-0.4, -0.2) is 36.5 Å². The number of amides is 2. The molecule has 2 N–H and O–H groups in total. The molecule has 0 aliphatic carbocycles. The van der Waals surface area contributed by atoms with Gasteiger partial charge in [-0.05, 0) is 50.1 Å². The van der Waals surface area contributed by atoms with E-state index in [0.717, 1.165) is 43.3 Å². The van der Waals surface area contributed by atoms with Gasteiger partial charge in [-0.1, -0.05) is 0 Å². The number of fused-ring (bicyclic) bond motifs is 3. The lowest BCUT2D eigenvalue weighted by molar-refractivity contribution is -0.123. The quantitative estimate of drug-likeness (QED) is 0.750. The summed E-state index contributed by atoms with van der Waals surface area (Å²) in [5.74, 6) is -3.23. The van der Waals surface area contributed by atoms with Gasteiger partial charge in [0, 0.05) is 12.6 Å². The van der Waals surface area contributed by atoms with Crippen LogP contribution in [0.4, 0.5) is 25.8 Å². The van der Waals surface area contributed by atoms with Crippen LogP contribution in [0.25, 0.3) is 0 Å². The molecule has 1 saturated heterocycles. The van der Waals surface area contributed by atoms with E-state index < -0.39 is 29.6 Å². The second kappa shape index (κ2) is 7.74. The Morgan fingerprint density at radius 3 is 2.83 bits per heavy atom. The van der Waals surface area contributed by atoms with Crippen molar-refractivity contribution in [2.75, 3.05) is 22.1 Å². The van der Waals surface area contributed by atoms with Gasteiger partial charge in [0.05, 0.1) is 22.6 Å². The minimum atomic E-state index is -1.26. The Morgan fingerprint density at radius 2 is 2.03 bits per heavy atom. The molecular weight excluding hydrogens is 396 g/mol. The van der Waals surface area contributed by atoms with Crippen LogP contribution < -0.4 is 15.5 Å². The fraction of sp³-hybridized carbons (Fsp3) is 0.286. The number of hydrogen-bond donors (Lipinski definition) is 2. The molecule has 2 aromatic rings. The highest BCUT2D eigenvalue weighted by atomic mass is 19.1. The van der Waals surface area contributed by atoms with Crippen molar-refractivity contribution < 1.29 is 27.9 Å². The first-order valence-electron chi connectivity index (χ1n) is 9.52. The van der Waals surface area contributed by atoms with Gasteiger partial charge in [-0.25, -0.2) is 13.6 Å². The number of benzene rings is 2. The Hall–Kier alpha value is -3.49. The van der Waals surface area contributed by atoms with Crippen LogP contribution in [0.15, 0.2) is 36.4 Å². The molecule has 0 bridgehead atoms. The van der Waals surface area contributed by atoms with E-state index in [9.17, 15) is 23.2 Å². The summed E-state index contributed by atoms with van der Waals surface area (Å²) in [6.45, 7) is 2.09. The van der Waals surface area contributed by atoms with Gasteiger partial charge in [0.25, 0.3) is 5.91 Å². The molecule has 2 aromatic carbocycles. The van der Waals surface area contributed by atoms with E-state index in [1.54, 1.807) is 12.1 Å². The van der Waals surface area contributed by atoms with Crippen molar-refractivity contribution in [3.8, 4) is 0 Å². The first-order valence-corrected chi connectivity index (χ1v) is 9.52. The number of nitrogens with one attached hydrogen (secondary N) is 2. The highest BCUT2D eigenvalue weighted by molar-refractivity contribution is 6.05. The third-order valence-corrected chi connectivity index (χ3v) is 5.19. The molecule has 4 rings (SSSR count). The van der Waals surface area contributed by atoms with Crippen LogP contribution in [-0.2, 0) is 14.3 Å². The first-order chi connectivity index (χ1) is 14.3. The molecular formula is C21H19F2N3O4. The summed E-state index contributed by atoms with van der Waals surface area (Å²) in [5.41, 5.74) is 1.15. The summed E-state index contributed by atoms with van der Waals surface area (Å²) in [5, 5.41) is 5.00. The zero-order valence-corrected chi connectivity index (χ0v) is 16.1. The number of halogens is 2. The van der Waals surface area contributed by atoms with Crippen LogP contribution in [0, 0.1) is 11.6 Å². The Bertz CT molecular complexity index is 1040. The maximum absolute atomic E-state index is 13.7. The van der Waals surface area contributed by atoms with Crippen molar-refractivity contribution in [3.63, 3.8) is 0 Å². The van der Waals surface area contributed by atoms with Gasteiger partial charge in [-0.3, -0.25) is 9.59 Å². The van der Waals surface area contributed by atoms with E-state index in [4.69, 9.17) is 4.74 Å². The smallest absolute Gasteiger partial charge is 0.338 e. The highest BCUT2D eigenvalue weighted by Gasteiger charge is 2.36. The number of rotatable bonds is 4. The topological polar surface area (TPSA) is 87.7 Å². The van der Waals surface area contributed by atoms with Crippen LogP contribution in [0.3, 0.4) is 0 Å². The summed E-state index contributed by atoms with van der Waals surface area (Å²) in [6, 6.07) is 7.24. The van der Waals surface area contributed by atoms with Crippen LogP contribution in [0.1, 0.15) is 30.1 Å². The highest BCUT2D eigenvalue weighted by Crippen LogP contribution is 2.37. The zero-order chi connectivity index (χ0) is 21.4. The van der Waals surface area contributed by atoms with Crippen LogP contribution in [0.5, 0.6) is 0 Å². The molecule has 0 saturated carbocycles. The maximum Gasteiger partial charge on any atom is 0.338 e. The van der Waals surface area contributed by atoms with Crippen LogP contribution in [0.2, 0.25) is 0 Å². The molecule has 9 heteroatoms. The molecule has 156 valence electrons. The van der Waals surface area contributed by atoms with Crippen LogP contribution >= 0.6 is 0 Å². The van der Waals surface area contributed by atoms with Crippen molar-refractivity contribution in [3.05, 3.63) is 53.6 Å². The minimum Gasteiger partial charge on any atom is -0.449 e. The largest absolute Gasteiger partial charge is 0.449 e. The Kier molecular flexibility index (Phi) is 5.11. The second-order valence-electron chi connectivity index (χ2n) is 7.23. The number of anilines is 3. The van der Waals surface area contributed by atoms with E-state index >= 15 is 0 Å². The summed E-state index contributed by atoms with van der Waals surface area (Å²) >= 11 is 0.